The molecule has 1 saturated heterocycles. The van der Waals surface area contributed by atoms with E-state index in [0.29, 0.717) is 29.5 Å². The quantitative estimate of drug-likeness (QED) is 0.667. The molecular weight excluding hydrogens is 397 g/mol. The number of carbonyl (C=O) groups excluding carboxylic acids is 1. The Balaban J connectivity index is 0.00000261. The van der Waals surface area contributed by atoms with Gasteiger partial charge in [-0.3, -0.25) is 9.78 Å². The van der Waals surface area contributed by atoms with Gasteiger partial charge >= 0.3 is 6.18 Å². The van der Waals surface area contributed by atoms with Gasteiger partial charge in [-0.1, -0.05) is 32.0 Å². The summed E-state index contributed by atoms with van der Waals surface area (Å²) < 4.78 is 38.4. The molecule has 0 bridgehead atoms. The second-order valence-electron chi connectivity index (χ2n) is 6.62. The minimum atomic E-state index is -4.37. The highest BCUT2D eigenvalue weighted by Crippen LogP contribution is 2.42. The SMILES string of the molecule is CC(C)CN1C(=O)CSC1c1cccnc1-c1ccc(C(F)(F)F)cc1.Cl. The summed E-state index contributed by atoms with van der Waals surface area (Å²) in [5.41, 5.74) is 1.38. The molecule has 2 heterocycles. The normalized spacial score (nSPS) is 17.3. The molecule has 27 heavy (non-hydrogen) atoms. The molecule has 0 aliphatic carbocycles. The number of aromatic nitrogens is 1. The highest BCUT2D eigenvalue weighted by Gasteiger charge is 2.35. The third-order valence-corrected chi connectivity index (χ3v) is 5.36. The number of pyridine rings is 1. The van der Waals surface area contributed by atoms with E-state index in [-0.39, 0.29) is 23.7 Å². The lowest BCUT2D eigenvalue weighted by molar-refractivity contribution is -0.137. The fraction of sp³-hybridized carbons (Fsp3) is 0.368. The summed E-state index contributed by atoms with van der Waals surface area (Å²) in [6.45, 7) is 4.73. The number of alkyl halides is 3. The van der Waals surface area contributed by atoms with Crippen LogP contribution in [0.4, 0.5) is 13.2 Å². The Morgan fingerprint density at radius 1 is 1.22 bits per heavy atom. The van der Waals surface area contributed by atoms with Crippen molar-refractivity contribution in [2.75, 3.05) is 12.3 Å². The van der Waals surface area contributed by atoms with Crippen LogP contribution in [0, 0.1) is 5.92 Å². The zero-order valence-electron chi connectivity index (χ0n) is 14.9. The van der Waals surface area contributed by atoms with Crippen molar-refractivity contribution in [3.63, 3.8) is 0 Å². The van der Waals surface area contributed by atoms with Crippen molar-refractivity contribution >= 4 is 30.1 Å². The van der Waals surface area contributed by atoms with Crippen LogP contribution in [0.1, 0.15) is 30.3 Å². The van der Waals surface area contributed by atoms with Crippen LogP contribution in [-0.2, 0) is 11.0 Å². The Labute approximate surface area is 166 Å². The molecule has 0 saturated carbocycles. The van der Waals surface area contributed by atoms with E-state index in [1.54, 1.807) is 12.3 Å². The maximum atomic E-state index is 12.8. The lowest BCUT2D eigenvalue weighted by Gasteiger charge is -2.27. The molecule has 1 atom stereocenters. The second-order valence-corrected chi connectivity index (χ2v) is 7.69. The number of carbonyl (C=O) groups is 1. The summed E-state index contributed by atoms with van der Waals surface area (Å²) in [5, 5.41) is -0.170. The molecule has 0 spiro atoms. The third-order valence-electron chi connectivity index (χ3n) is 4.12. The summed E-state index contributed by atoms with van der Waals surface area (Å²) >= 11 is 1.53. The van der Waals surface area contributed by atoms with Crippen LogP contribution in [0.3, 0.4) is 0 Å². The van der Waals surface area contributed by atoms with E-state index < -0.39 is 11.7 Å². The molecule has 1 fully saturated rings. The lowest BCUT2D eigenvalue weighted by atomic mass is 10.0. The van der Waals surface area contributed by atoms with Crippen LogP contribution < -0.4 is 0 Å². The molecular formula is C19H20ClF3N2OS. The van der Waals surface area contributed by atoms with Crippen LogP contribution in [-0.4, -0.2) is 28.1 Å². The van der Waals surface area contributed by atoms with Gasteiger partial charge in [-0.25, -0.2) is 0 Å². The van der Waals surface area contributed by atoms with Gasteiger partial charge in [0.1, 0.15) is 5.37 Å². The molecule has 1 amide bonds. The minimum absolute atomic E-state index is 0. The van der Waals surface area contributed by atoms with Crippen LogP contribution in [0.5, 0.6) is 0 Å². The molecule has 1 aliphatic rings. The van der Waals surface area contributed by atoms with Gasteiger partial charge in [-0.2, -0.15) is 13.2 Å². The van der Waals surface area contributed by atoms with Gasteiger partial charge < -0.3 is 4.90 Å². The predicted octanol–water partition coefficient (Wildman–Crippen LogP) is 5.42. The first-order valence-corrected chi connectivity index (χ1v) is 9.36. The van der Waals surface area contributed by atoms with Crippen molar-refractivity contribution < 1.29 is 18.0 Å². The van der Waals surface area contributed by atoms with Crippen LogP contribution in [0.2, 0.25) is 0 Å². The van der Waals surface area contributed by atoms with Crippen molar-refractivity contribution in [3.05, 3.63) is 53.7 Å². The molecule has 2 aromatic rings. The highest BCUT2D eigenvalue weighted by atomic mass is 35.5. The Hall–Kier alpha value is -1.73. The average Bonchev–Trinajstić information content (AvgIpc) is 2.94. The number of hydrogen-bond donors (Lipinski definition) is 0. The zero-order valence-corrected chi connectivity index (χ0v) is 16.5. The Morgan fingerprint density at radius 3 is 2.48 bits per heavy atom. The maximum Gasteiger partial charge on any atom is 0.416 e. The molecule has 1 aromatic heterocycles. The van der Waals surface area contributed by atoms with Gasteiger partial charge in [0.25, 0.3) is 0 Å². The van der Waals surface area contributed by atoms with E-state index in [9.17, 15) is 18.0 Å². The predicted molar refractivity (Wildman–Crippen MR) is 104 cm³/mol. The minimum Gasteiger partial charge on any atom is -0.325 e. The van der Waals surface area contributed by atoms with Crippen LogP contribution in [0.25, 0.3) is 11.3 Å². The summed E-state index contributed by atoms with van der Waals surface area (Å²) in [5.74, 6) is 0.806. The monoisotopic (exact) mass is 416 g/mol. The molecule has 0 radical (unpaired) electrons. The zero-order chi connectivity index (χ0) is 18.9. The number of halogens is 4. The van der Waals surface area contributed by atoms with E-state index in [0.717, 1.165) is 17.7 Å². The first-order chi connectivity index (χ1) is 12.3. The van der Waals surface area contributed by atoms with Gasteiger partial charge in [0.2, 0.25) is 5.91 Å². The number of thioether (sulfide) groups is 1. The van der Waals surface area contributed by atoms with E-state index in [2.05, 4.69) is 4.98 Å². The summed E-state index contributed by atoms with van der Waals surface area (Å²) in [6.07, 6.45) is -2.75. The second kappa shape index (κ2) is 8.52. The Kier molecular flexibility index (Phi) is 6.81. The van der Waals surface area contributed by atoms with Gasteiger partial charge in [0, 0.05) is 23.9 Å². The fourth-order valence-corrected chi connectivity index (χ4v) is 4.20. The number of hydrogen-bond acceptors (Lipinski definition) is 3. The van der Waals surface area contributed by atoms with Crippen molar-refractivity contribution in [2.45, 2.75) is 25.4 Å². The lowest BCUT2D eigenvalue weighted by Crippen LogP contribution is -2.32. The molecule has 1 aromatic carbocycles. The van der Waals surface area contributed by atoms with Gasteiger partial charge in [0.05, 0.1) is 17.0 Å². The van der Waals surface area contributed by atoms with Gasteiger partial charge in [-0.15, -0.1) is 24.2 Å². The summed E-state index contributed by atoms with van der Waals surface area (Å²) in [4.78, 5) is 18.5. The average molecular weight is 417 g/mol. The van der Waals surface area contributed by atoms with E-state index in [4.69, 9.17) is 0 Å². The molecule has 146 valence electrons. The van der Waals surface area contributed by atoms with Crippen molar-refractivity contribution in [1.29, 1.82) is 0 Å². The van der Waals surface area contributed by atoms with E-state index >= 15 is 0 Å². The summed E-state index contributed by atoms with van der Waals surface area (Å²) in [7, 11) is 0. The Morgan fingerprint density at radius 2 is 1.89 bits per heavy atom. The fourth-order valence-electron chi connectivity index (χ4n) is 2.98. The van der Waals surface area contributed by atoms with E-state index in [1.165, 1.54) is 23.9 Å². The first-order valence-electron chi connectivity index (χ1n) is 8.31. The number of nitrogens with zero attached hydrogens (tertiary/aromatic N) is 2. The maximum absolute atomic E-state index is 12.8. The number of amides is 1. The van der Waals surface area contributed by atoms with Gasteiger partial charge in [0.15, 0.2) is 0 Å². The van der Waals surface area contributed by atoms with Gasteiger partial charge in [-0.05, 0) is 24.1 Å². The molecule has 3 rings (SSSR count). The number of benzene rings is 1. The molecule has 0 N–H and O–H groups in total. The smallest absolute Gasteiger partial charge is 0.325 e. The summed E-state index contributed by atoms with van der Waals surface area (Å²) in [6, 6.07) is 8.68. The van der Waals surface area contributed by atoms with Crippen molar-refractivity contribution in [1.82, 2.24) is 9.88 Å². The molecule has 1 aliphatic heterocycles. The standard InChI is InChI=1S/C19H19F3N2OS.ClH/c1-12(2)10-24-16(25)11-26-18(24)15-4-3-9-23-17(15)13-5-7-14(8-6-13)19(20,21)22;/h3-9,12,18H,10-11H2,1-2H3;1H. The van der Waals surface area contributed by atoms with Crippen molar-refractivity contribution in [3.8, 4) is 11.3 Å². The topological polar surface area (TPSA) is 33.2 Å². The Bertz CT molecular complexity index is 796. The van der Waals surface area contributed by atoms with Crippen molar-refractivity contribution in [2.24, 2.45) is 5.92 Å². The largest absolute Gasteiger partial charge is 0.416 e. The number of rotatable bonds is 4. The third kappa shape index (κ3) is 4.76. The molecule has 8 heteroatoms. The molecule has 1 unspecified atom stereocenters. The first kappa shape index (κ1) is 21.6. The van der Waals surface area contributed by atoms with E-state index in [1.807, 2.05) is 24.8 Å². The van der Waals surface area contributed by atoms with Crippen LogP contribution >= 0.6 is 24.2 Å². The van der Waals surface area contributed by atoms with Crippen LogP contribution in [0.15, 0.2) is 42.6 Å². The highest BCUT2D eigenvalue weighted by molar-refractivity contribution is 8.00. The molecule has 3 nitrogen and oxygen atoms in total.